The van der Waals surface area contributed by atoms with Gasteiger partial charge in [-0.2, -0.15) is 0 Å². The molecule has 2 saturated heterocycles. The van der Waals surface area contributed by atoms with Crippen molar-refractivity contribution in [1.29, 1.82) is 0 Å². The molecule has 0 radical (unpaired) electrons. The summed E-state index contributed by atoms with van der Waals surface area (Å²) in [7, 11) is 0. The number of nitrogens with zero attached hydrogens (tertiary/aromatic N) is 4. The van der Waals surface area contributed by atoms with E-state index in [1.54, 1.807) is 4.90 Å². The van der Waals surface area contributed by atoms with Gasteiger partial charge in [0, 0.05) is 30.4 Å². The number of morpholine rings is 1. The fourth-order valence-electron chi connectivity index (χ4n) is 6.44. The number of carbonyl (C=O) groups excluding carboxylic acids is 2. The summed E-state index contributed by atoms with van der Waals surface area (Å²) in [5, 5.41) is 1.51. The highest BCUT2D eigenvalue weighted by atomic mass is 35.5. The minimum Gasteiger partial charge on any atom is -0.378 e. The molecular formula is C31H35ClN4O3S. The highest BCUT2D eigenvalue weighted by molar-refractivity contribution is 8.18. The summed E-state index contributed by atoms with van der Waals surface area (Å²) in [5.41, 5.74) is 2.61. The Hall–Kier alpha value is -2.81. The van der Waals surface area contributed by atoms with Gasteiger partial charge in [0.25, 0.3) is 5.91 Å². The molecule has 0 bridgehead atoms. The number of amidine groups is 1. The Kier molecular flexibility index (Phi) is 7.44. The molecule has 2 amide bonds. The van der Waals surface area contributed by atoms with Crippen LogP contribution in [0.5, 0.6) is 0 Å². The third-order valence-corrected chi connectivity index (χ3v) is 9.73. The Labute approximate surface area is 245 Å². The molecule has 6 rings (SSSR count). The number of fused-ring (bicyclic) bond motifs is 1. The Morgan fingerprint density at radius 2 is 1.75 bits per heavy atom. The summed E-state index contributed by atoms with van der Waals surface area (Å²) >= 11 is 7.74. The van der Waals surface area contributed by atoms with E-state index in [0.29, 0.717) is 49.2 Å². The zero-order valence-electron chi connectivity index (χ0n) is 23.2. The summed E-state index contributed by atoms with van der Waals surface area (Å²) < 4.78 is 5.44. The fourth-order valence-corrected chi connectivity index (χ4v) is 7.93. The highest BCUT2D eigenvalue weighted by Gasteiger charge is 2.54. The van der Waals surface area contributed by atoms with E-state index in [2.05, 4.69) is 49.9 Å². The maximum Gasteiger partial charge on any atom is 0.263 e. The van der Waals surface area contributed by atoms with Crippen LogP contribution in [0.1, 0.15) is 50.8 Å². The van der Waals surface area contributed by atoms with Crippen molar-refractivity contribution in [2.24, 2.45) is 10.9 Å². The second-order valence-electron chi connectivity index (χ2n) is 11.3. The van der Waals surface area contributed by atoms with Gasteiger partial charge in [-0.3, -0.25) is 9.59 Å². The SMILES string of the molecule is CC(C)C1=C(C(=O)N2CCC[C@H]2C(=O)N2CCOCC2)SC2=NC(C)(c3ccccc3)C(c3ccc(Cl)cc3)N21. The molecule has 4 heterocycles. The number of aliphatic imine (C=N–C) groups is 1. The zero-order valence-corrected chi connectivity index (χ0v) is 24.8. The smallest absolute Gasteiger partial charge is 0.263 e. The van der Waals surface area contributed by atoms with E-state index in [1.165, 1.54) is 11.8 Å². The Bertz CT molecular complexity index is 1360. The first-order valence-electron chi connectivity index (χ1n) is 14.1. The molecule has 2 unspecified atom stereocenters. The van der Waals surface area contributed by atoms with Crippen LogP contribution in [0, 0.1) is 5.92 Å². The van der Waals surface area contributed by atoms with Crippen LogP contribution in [-0.4, -0.2) is 70.6 Å². The van der Waals surface area contributed by atoms with E-state index in [9.17, 15) is 9.59 Å². The molecule has 0 aliphatic carbocycles. The van der Waals surface area contributed by atoms with Crippen LogP contribution in [0.4, 0.5) is 0 Å². The number of ether oxygens (including phenoxy) is 1. The van der Waals surface area contributed by atoms with Crippen molar-refractivity contribution in [3.8, 4) is 0 Å². The number of hydrogen-bond acceptors (Lipinski definition) is 6. The number of hydrogen-bond donors (Lipinski definition) is 0. The lowest BCUT2D eigenvalue weighted by molar-refractivity contribution is -0.144. The number of thioether (sulfide) groups is 1. The maximum absolute atomic E-state index is 14.3. The summed E-state index contributed by atoms with van der Waals surface area (Å²) in [6.07, 6.45) is 1.52. The van der Waals surface area contributed by atoms with Crippen LogP contribution in [0.15, 0.2) is 70.2 Å². The van der Waals surface area contributed by atoms with E-state index >= 15 is 0 Å². The summed E-state index contributed by atoms with van der Waals surface area (Å²) in [4.78, 5) is 39.7. The summed E-state index contributed by atoms with van der Waals surface area (Å²) in [5.74, 6) is 0.0478. The normalized spacial score (nSPS) is 26.5. The molecular weight excluding hydrogens is 544 g/mol. The Balaban J connectivity index is 1.38. The van der Waals surface area contributed by atoms with Gasteiger partial charge in [0.1, 0.15) is 16.5 Å². The van der Waals surface area contributed by atoms with Crippen LogP contribution in [0.25, 0.3) is 0 Å². The van der Waals surface area contributed by atoms with Crippen molar-refractivity contribution in [3.63, 3.8) is 0 Å². The lowest BCUT2D eigenvalue weighted by Crippen LogP contribution is -2.51. The van der Waals surface area contributed by atoms with Gasteiger partial charge in [-0.05, 0) is 60.7 Å². The molecule has 2 fully saturated rings. The van der Waals surface area contributed by atoms with Crippen molar-refractivity contribution in [1.82, 2.24) is 14.7 Å². The first-order valence-corrected chi connectivity index (χ1v) is 15.3. The molecule has 0 N–H and O–H groups in total. The lowest BCUT2D eigenvalue weighted by Gasteiger charge is -2.37. The predicted octanol–water partition coefficient (Wildman–Crippen LogP) is 5.43. The molecule has 2 aromatic carbocycles. The number of carbonyl (C=O) groups is 2. The number of likely N-dealkylation sites (tertiary alicyclic amines) is 1. The quantitative estimate of drug-likeness (QED) is 0.473. The van der Waals surface area contributed by atoms with Gasteiger partial charge in [-0.25, -0.2) is 4.99 Å². The molecule has 3 atom stereocenters. The topological polar surface area (TPSA) is 65.5 Å². The van der Waals surface area contributed by atoms with Crippen LogP contribution in [0.2, 0.25) is 5.02 Å². The number of amides is 2. The first kappa shape index (κ1) is 27.4. The van der Waals surface area contributed by atoms with Crippen LogP contribution in [-0.2, 0) is 19.9 Å². The molecule has 9 heteroatoms. The van der Waals surface area contributed by atoms with Gasteiger partial charge < -0.3 is 19.4 Å². The second-order valence-corrected chi connectivity index (χ2v) is 12.7. The molecule has 40 heavy (non-hydrogen) atoms. The monoisotopic (exact) mass is 578 g/mol. The number of allylic oxidation sites excluding steroid dienone is 1. The van der Waals surface area contributed by atoms with Crippen molar-refractivity contribution in [3.05, 3.63) is 81.3 Å². The molecule has 0 aromatic heterocycles. The zero-order chi connectivity index (χ0) is 28.0. The third-order valence-electron chi connectivity index (χ3n) is 8.42. The average molecular weight is 579 g/mol. The van der Waals surface area contributed by atoms with Crippen LogP contribution in [0.3, 0.4) is 0 Å². The van der Waals surface area contributed by atoms with Gasteiger partial charge in [0.2, 0.25) is 5.91 Å². The van der Waals surface area contributed by atoms with Crippen LogP contribution < -0.4 is 0 Å². The Morgan fingerprint density at radius 3 is 2.42 bits per heavy atom. The van der Waals surface area contributed by atoms with Gasteiger partial charge in [0.15, 0.2) is 5.17 Å². The highest BCUT2D eigenvalue weighted by Crippen LogP contribution is 2.56. The Morgan fingerprint density at radius 1 is 1.05 bits per heavy atom. The minimum atomic E-state index is -0.561. The third kappa shape index (κ3) is 4.64. The molecule has 210 valence electrons. The standard InChI is InChI=1S/C31H35ClN4O3S/c1-20(2)25-26(29(38)35-15-7-10-24(35)28(37)34-16-18-39-19-17-34)40-30-33-31(3,22-8-5-4-6-9-22)27(36(25)30)21-11-13-23(32)14-12-21/h4-6,8-9,11-14,20,24,27H,7,10,15-19H2,1-3H3/t24-,27?,31?/m0/s1. The minimum absolute atomic E-state index is 0.0392. The number of halogens is 1. The average Bonchev–Trinajstić information content (AvgIpc) is 3.67. The van der Waals surface area contributed by atoms with Gasteiger partial charge in [0.05, 0.1) is 19.3 Å². The fraction of sp³-hybridized carbons (Fsp3) is 0.452. The molecule has 0 spiro atoms. The van der Waals surface area contributed by atoms with Gasteiger partial charge >= 0.3 is 0 Å². The van der Waals surface area contributed by atoms with E-state index in [0.717, 1.165) is 28.4 Å². The molecule has 4 aliphatic rings. The predicted molar refractivity (Wildman–Crippen MR) is 159 cm³/mol. The number of rotatable bonds is 5. The molecule has 2 aromatic rings. The van der Waals surface area contributed by atoms with Gasteiger partial charge in [-0.1, -0.05) is 67.9 Å². The van der Waals surface area contributed by atoms with E-state index in [4.69, 9.17) is 21.3 Å². The van der Waals surface area contributed by atoms with E-state index in [1.807, 2.05) is 35.2 Å². The number of benzene rings is 2. The second kappa shape index (κ2) is 10.9. The van der Waals surface area contributed by atoms with Crippen molar-refractivity contribution < 1.29 is 14.3 Å². The van der Waals surface area contributed by atoms with Crippen molar-refractivity contribution in [2.45, 2.75) is 51.2 Å². The largest absolute Gasteiger partial charge is 0.378 e. The van der Waals surface area contributed by atoms with E-state index in [-0.39, 0.29) is 23.8 Å². The lowest BCUT2D eigenvalue weighted by atomic mass is 9.81. The van der Waals surface area contributed by atoms with E-state index < -0.39 is 11.6 Å². The van der Waals surface area contributed by atoms with Gasteiger partial charge in [-0.15, -0.1) is 0 Å². The molecule has 0 saturated carbocycles. The molecule has 7 nitrogen and oxygen atoms in total. The maximum atomic E-state index is 14.3. The summed E-state index contributed by atoms with van der Waals surface area (Å²) in [6.45, 7) is 9.27. The van der Waals surface area contributed by atoms with Crippen LogP contribution >= 0.6 is 23.4 Å². The molecule has 4 aliphatic heterocycles. The first-order chi connectivity index (χ1) is 19.3. The van der Waals surface area contributed by atoms with Crippen molar-refractivity contribution >= 4 is 40.3 Å². The van der Waals surface area contributed by atoms with Crippen molar-refractivity contribution in [2.75, 3.05) is 32.8 Å². The summed E-state index contributed by atoms with van der Waals surface area (Å²) in [6, 6.07) is 17.7.